The quantitative estimate of drug-likeness (QED) is 0.815. The normalized spacial score (nSPS) is 47.5. The van der Waals surface area contributed by atoms with Crippen LogP contribution in [0, 0.1) is 23.2 Å². The first-order chi connectivity index (χ1) is 8.00. The average molecular weight is 237 g/mol. The highest BCUT2D eigenvalue weighted by Crippen LogP contribution is 2.61. The molecule has 4 bridgehead atoms. The zero-order valence-corrected chi connectivity index (χ0v) is 11.5. The maximum absolute atomic E-state index is 10.8. The first-order valence-corrected chi connectivity index (χ1v) is 7.35. The van der Waals surface area contributed by atoms with Crippen LogP contribution in [-0.2, 0) is 0 Å². The van der Waals surface area contributed by atoms with Crippen molar-refractivity contribution >= 4 is 0 Å². The van der Waals surface area contributed by atoms with E-state index < -0.39 is 0 Å². The van der Waals surface area contributed by atoms with Gasteiger partial charge in [-0.25, -0.2) is 0 Å². The molecule has 4 aliphatic rings. The highest BCUT2D eigenvalue weighted by molar-refractivity contribution is 5.05. The van der Waals surface area contributed by atoms with E-state index in [-0.39, 0.29) is 11.5 Å². The number of nitrogens with zero attached hydrogens (tertiary/aromatic N) is 1. The Morgan fingerprint density at radius 1 is 1.00 bits per heavy atom. The van der Waals surface area contributed by atoms with E-state index >= 15 is 0 Å². The van der Waals surface area contributed by atoms with E-state index in [1.807, 2.05) is 0 Å². The zero-order valence-electron chi connectivity index (χ0n) is 11.5. The van der Waals surface area contributed by atoms with Crippen LogP contribution in [0.2, 0.25) is 0 Å². The van der Waals surface area contributed by atoms with E-state index in [1.54, 1.807) is 0 Å². The molecule has 0 aromatic carbocycles. The fraction of sp³-hybridized carbons (Fsp3) is 1.00. The molecule has 4 aliphatic carbocycles. The Labute approximate surface area is 105 Å². The number of hydrogen-bond donors (Lipinski definition) is 1. The molecule has 0 heterocycles. The summed E-state index contributed by atoms with van der Waals surface area (Å²) < 4.78 is 0. The lowest BCUT2D eigenvalue weighted by atomic mass is 9.47. The molecule has 2 heteroatoms. The van der Waals surface area contributed by atoms with Crippen molar-refractivity contribution in [3.8, 4) is 0 Å². The third kappa shape index (κ3) is 1.84. The zero-order chi connectivity index (χ0) is 12.2. The van der Waals surface area contributed by atoms with Crippen molar-refractivity contribution in [3.05, 3.63) is 0 Å². The van der Waals surface area contributed by atoms with Gasteiger partial charge in [-0.15, -0.1) is 0 Å². The maximum atomic E-state index is 10.8. The van der Waals surface area contributed by atoms with Gasteiger partial charge in [0.05, 0.1) is 6.10 Å². The number of aliphatic hydroxyl groups excluding tert-OH is 1. The third-order valence-corrected chi connectivity index (χ3v) is 5.98. The molecule has 0 radical (unpaired) electrons. The van der Waals surface area contributed by atoms with Gasteiger partial charge in [-0.3, -0.25) is 0 Å². The van der Waals surface area contributed by atoms with Gasteiger partial charge in [0.25, 0.3) is 0 Å². The molecule has 0 saturated heterocycles. The molecule has 0 aromatic heterocycles. The van der Waals surface area contributed by atoms with Crippen LogP contribution < -0.4 is 0 Å². The van der Waals surface area contributed by atoms with E-state index in [4.69, 9.17) is 0 Å². The molecule has 0 spiro atoms. The molecule has 4 saturated carbocycles. The van der Waals surface area contributed by atoms with Gasteiger partial charge < -0.3 is 10.0 Å². The molecule has 0 aliphatic heterocycles. The fourth-order valence-corrected chi connectivity index (χ4v) is 5.33. The average Bonchev–Trinajstić information content (AvgIpc) is 2.25. The Morgan fingerprint density at radius 3 is 1.76 bits per heavy atom. The molecule has 0 amide bonds. The first kappa shape index (κ1) is 12.0. The third-order valence-electron chi connectivity index (χ3n) is 5.98. The van der Waals surface area contributed by atoms with Crippen molar-refractivity contribution in [3.63, 3.8) is 0 Å². The van der Waals surface area contributed by atoms with Crippen LogP contribution >= 0.6 is 0 Å². The SMILES string of the molecule is CC(C(O)C12CC3CC(CC(C3)C1)C2)N(C)C. The van der Waals surface area contributed by atoms with Gasteiger partial charge in [0.1, 0.15) is 0 Å². The van der Waals surface area contributed by atoms with Crippen molar-refractivity contribution in [2.24, 2.45) is 23.2 Å². The second-order valence-electron chi connectivity index (χ2n) is 7.43. The molecule has 1 N–H and O–H groups in total. The first-order valence-electron chi connectivity index (χ1n) is 7.35. The second-order valence-corrected chi connectivity index (χ2v) is 7.43. The van der Waals surface area contributed by atoms with Gasteiger partial charge in [0.15, 0.2) is 0 Å². The van der Waals surface area contributed by atoms with Gasteiger partial charge in [-0.2, -0.15) is 0 Å². The van der Waals surface area contributed by atoms with Crippen LogP contribution in [0.5, 0.6) is 0 Å². The minimum absolute atomic E-state index is 0.120. The molecule has 2 unspecified atom stereocenters. The molecule has 4 rings (SSSR count). The largest absolute Gasteiger partial charge is 0.391 e. The summed E-state index contributed by atoms with van der Waals surface area (Å²) in [6, 6.07) is 0.297. The lowest BCUT2D eigenvalue weighted by Gasteiger charge is -2.59. The van der Waals surface area contributed by atoms with Crippen molar-refractivity contribution < 1.29 is 5.11 Å². The Bertz CT molecular complexity index is 264. The highest BCUT2D eigenvalue weighted by Gasteiger charge is 2.54. The number of rotatable bonds is 3. The predicted octanol–water partition coefficient (Wildman–Crippen LogP) is 2.51. The summed E-state index contributed by atoms with van der Waals surface area (Å²) in [4.78, 5) is 2.18. The summed E-state index contributed by atoms with van der Waals surface area (Å²) in [6.45, 7) is 2.18. The van der Waals surface area contributed by atoms with Crippen molar-refractivity contribution in [1.82, 2.24) is 4.90 Å². The van der Waals surface area contributed by atoms with Crippen LogP contribution in [0.4, 0.5) is 0 Å². The van der Waals surface area contributed by atoms with Crippen molar-refractivity contribution in [2.75, 3.05) is 14.1 Å². The molecule has 17 heavy (non-hydrogen) atoms. The van der Waals surface area contributed by atoms with E-state index in [9.17, 15) is 5.11 Å². The monoisotopic (exact) mass is 237 g/mol. The van der Waals surface area contributed by atoms with E-state index in [1.165, 1.54) is 38.5 Å². The van der Waals surface area contributed by atoms with Crippen LogP contribution in [0.25, 0.3) is 0 Å². The van der Waals surface area contributed by atoms with Crippen LogP contribution in [0.15, 0.2) is 0 Å². The molecule has 0 aromatic rings. The molecular formula is C15H27NO. The van der Waals surface area contributed by atoms with Gasteiger partial charge in [-0.1, -0.05) is 0 Å². The van der Waals surface area contributed by atoms with Gasteiger partial charge in [0, 0.05) is 6.04 Å². The summed E-state index contributed by atoms with van der Waals surface area (Å²) in [5.74, 6) is 2.81. The summed E-state index contributed by atoms with van der Waals surface area (Å²) >= 11 is 0. The minimum Gasteiger partial charge on any atom is -0.391 e. The topological polar surface area (TPSA) is 23.5 Å². The molecule has 2 atom stereocenters. The highest BCUT2D eigenvalue weighted by atomic mass is 16.3. The molecule has 98 valence electrons. The standard InChI is InChI=1S/C15H27NO/c1-10(16(2)3)14(17)15-7-11-4-12(8-15)6-13(5-11)9-15/h10-14,17H,4-9H2,1-3H3. The number of likely N-dealkylation sites (N-methyl/N-ethyl adjacent to an activating group) is 1. The lowest BCUT2D eigenvalue weighted by Crippen LogP contribution is -2.56. The number of hydrogen-bond acceptors (Lipinski definition) is 2. The van der Waals surface area contributed by atoms with Crippen molar-refractivity contribution in [1.29, 1.82) is 0 Å². The van der Waals surface area contributed by atoms with Crippen LogP contribution in [0.1, 0.15) is 45.4 Å². The van der Waals surface area contributed by atoms with Gasteiger partial charge in [0.2, 0.25) is 0 Å². The van der Waals surface area contributed by atoms with Crippen molar-refractivity contribution in [2.45, 2.75) is 57.6 Å². The van der Waals surface area contributed by atoms with Crippen LogP contribution in [-0.4, -0.2) is 36.2 Å². The van der Waals surface area contributed by atoms with E-state index in [2.05, 4.69) is 25.9 Å². The summed E-state index contributed by atoms with van der Waals surface area (Å²) in [7, 11) is 4.18. The summed E-state index contributed by atoms with van der Waals surface area (Å²) in [6.07, 6.45) is 8.17. The summed E-state index contributed by atoms with van der Waals surface area (Å²) in [5, 5.41) is 10.8. The number of aliphatic hydroxyl groups is 1. The summed E-state index contributed by atoms with van der Waals surface area (Å²) in [5.41, 5.74) is 0.276. The fourth-order valence-electron chi connectivity index (χ4n) is 5.33. The smallest absolute Gasteiger partial charge is 0.0748 e. The predicted molar refractivity (Wildman–Crippen MR) is 69.8 cm³/mol. The Morgan fingerprint density at radius 2 is 1.41 bits per heavy atom. The van der Waals surface area contributed by atoms with E-state index in [0.29, 0.717) is 6.04 Å². The Hall–Kier alpha value is -0.0800. The Balaban J connectivity index is 1.81. The minimum atomic E-state index is -0.120. The molecule has 2 nitrogen and oxygen atoms in total. The molecular weight excluding hydrogens is 210 g/mol. The van der Waals surface area contributed by atoms with Gasteiger partial charge >= 0.3 is 0 Å². The van der Waals surface area contributed by atoms with Crippen LogP contribution in [0.3, 0.4) is 0 Å². The van der Waals surface area contributed by atoms with E-state index in [0.717, 1.165) is 17.8 Å². The van der Waals surface area contributed by atoms with Gasteiger partial charge in [-0.05, 0) is 82.7 Å². The lowest BCUT2D eigenvalue weighted by molar-refractivity contribution is -0.137. The Kier molecular flexibility index (Phi) is 2.79. The second kappa shape index (κ2) is 3.96. The molecule has 4 fully saturated rings. The maximum Gasteiger partial charge on any atom is 0.0748 e.